The summed E-state index contributed by atoms with van der Waals surface area (Å²) in [5, 5.41) is 20.3. The van der Waals surface area contributed by atoms with Crippen LogP contribution in [0, 0.1) is 5.82 Å². The maximum Gasteiger partial charge on any atom is 0.272 e. The molecule has 1 aromatic heterocycles. The Hall–Kier alpha value is -5.46. The summed E-state index contributed by atoms with van der Waals surface area (Å²) in [5.74, 6) is -1.31. The fourth-order valence-electron chi connectivity index (χ4n) is 4.17. The molecule has 12 heteroatoms. The zero-order valence-corrected chi connectivity index (χ0v) is 26.0. The van der Waals surface area contributed by atoms with Gasteiger partial charge in [-0.3, -0.25) is 14.4 Å². The van der Waals surface area contributed by atoms with Crippen LogP contribution in [0.2, 0.25) is 0 Å². The average Bonchev–Trinajstić information content (AvgIpc) is 3.53. The molecule has 0 atom stereocenters. The Labute approximate surface area is 272 Å². The van der Waals surface area contributed by atoms with Crippen molar-refractivity contribution in [2.45, 2.75) is 4.90 Å². The van der Waals surface area contributed by atoms with Gasteiger partial charge in [-0.25, -0.2) is 9.37 Å². The van der Waals surface area contributed by atoms with Gasteiger partial charge < -0.3 is 25.8 Å². The van der Waals surface area contributed by atoms with Gasteiger partial charge in [-0.05, 0) is 72.8 Å². The molecule has 0 bridgehead atoms. The Morgan fingerprint density at radius 2 is 1.74 bits per heavy atom. The van der Waals surface area contributed by atoms with Crippen LogP contribution in [0.1, 0.15) is 15.9 Å². The zero-order chi connectivity index (χ0) is 32.5. The lowest BCUT2D eigenvalue weighted by Gasteiger charge is -2.13. The standard InChI is InChI=1S/C34H27FN4O5S2/c1-44-30-18-26(40)15-12-23(30)16-28(37-32(42)22-6-3-2-4-7-22)33(43)36-25-8-5-9-27(17-25)45-20-31(41)39-34-38-29(19-46-34)21-10-13-24(35)14-11-21/h2-19,40H,20H2,1H3,(H,36,43)(H,37,42)(H,38,39,41)/b28-16+. The van der Waals surface area contributed by atoms with Crippen LogP contribution in [0.15, 0.2) is 113 Å². The van der Waals surface area contributed by atoms with Crippen LogP contribution in [0.4, 0.5) is 15.2 Å². The third-order valence-electron chi connectivity index (χ3n) is 6.40. The van der Waals surface area contributed by atoms with E-state index in [4.69, 9.17) is 4.74 Å². The highest BCUT2D eigenvalue weighted by Crippen LogP contribution is 2.28. The summed E-state index contributed by atoms with van der Waals surface area (Å²) in [6.45, 7) is 0. The van der Waals surface area contributed by atoms with E-state index in [9.17, 15) is 23.9 Å². The van der Waals surface area contributed by atoms with Crippen molar-refractivity contribution >= 4 is 57.7 Å². The minimum atomic E-state index is -0.597. The summed E-state index contributed by atoms with van der Waals surface area (Å²) in [6.07, 6.45) is 1.46. The highest BCUT2D eigenvalue weighted by atomic mass is 32.2. The maximum absolute atomic E-state index is 13.5. The van der Waals surface area contributed by atoms with Crippen LogP contribution >= 0.6 is 23.1 Å². The molecule has 0 aliphatic heterocycles. The lowest BCUT2D eigenvalue weighted by molar-refractivity contribution is -0.114. The van der Waals surface area contributed by atoms with Crippen molar-refractivity contribution in [2.24, 2.45) is 0 Å². The first kappa shape index (κ1) is 31.9. The van der Waals surface area contributed by atoms with Crippen molar-refractivity contribution in [2.75, 3.05) is 23.5 Å². The number of nitrogens with one attached hydrogen (secondary N) is 3. The maximum atomic E-state index is 13.5. The van der Waals surface area contributed by atoms with E-state index in [1.54, 1.807) is 78.2 Å². The minimum absolute atomic E-state index is 0.0160. The van der Waals surface area contributed by atoms with Crippen molar-refractivity contribution < 1.29 is 28.6 Å². The van der Waals surface area contributed by atoms with Gasteiger partial charge in [0, 0.05) is 38.7 Å². The summed E-state index contributed by atoms with van der Waals surface area (Å²) in [5.41, 5.74) is 2.58. The van der Waals surface area contributed by atoms with Gasteiger partial charge in [0.1, 0.15) is 23.0 Å². The van der Waals surface area contributed by atoms with Crippen molar-refractivity contribution in [1.29, 1.82) is 0 Å². The molecule has 5 aromatic rings. The second kappa shape index (κ2) is 15.0. The number of hydrogen-bond acceptors (Lipinski definition) is 8. The van der Waals surface area contributed by atoms with E-state index in [1.807, 2.05) is 0 Å². The lowest BCUT2D eigenvalue weighted by atomic mass is 10.1. The van der Waals surface area contributed by atoms with E-state index in [-0.39, 0.29) is 28.9 Å². The number of phenolic OH excluding ortho intramolecular Hbond substituents is 1. The van der Waals surface area contributed by atoms with Gasteiger partial charge in [0.15, 0.2) is 5.13 Å². The number of rotatable bonds is 11. The molecule has 0 aliphatic rings. The Morgan fingerprint density at radius 3 is 2.50 bits per heavy atom. The highest BCUT2D eigenvalue weighted by molar-refractivity contribution is 8.00. The highest BCUT2D eigenvalue weighted by Gasteiger charge is 2.17. The number of aromatic nitrogens is 1. The van der Waals surface area contributed by atoms with E-state index in [0.717, 1.165) is 10.5 Å². The van der Waals surface area contributed by atoms with E-state index < -0.39 is 11.8 Å². The number of benzene rings is 4. The third kappa shape index (κ3) is 8.58. The molecule has 0 aliphatic carbocycles. The summed E-state index contributed by atoms with van der Waals surface area (Å²) in [6, 6.07) is 25.8. The molecule has 4 N–H and O–H groups in total. The molecule has 232 valence electrons. The largest absolute Gasteiger partial charge is 0.508 e. The number of halogens is 1. The van der Waals surface area contributed by atoms with Gasteiger partial charge >= 0.3 is 0 Å². The van der Waals surface area contributed by atoms with Crippen LogP contribution in [0.3, 0.4) is 0 Å². The Bertz CT molecular complexity index is 1900. The van der Waals surface area contributed by atoms with Crippen LogP contribution in [-0.4, -0.2) is 40.7 Å². The van der Waals surface area contributed by atoms with Gasteiger partial charge in [-0.1, -0.05) is 24.3 Å². The van der Waals surface area contributed by atoms with E-state index >= 15 is 0 Å². The van der Waals surface area contributed by atoms with Crippen LogP contribution < -0.4 is 20.7 Å². The number of carbonyl (C=O) groups is 3. The van der Waals surface area contributed by atoms with Crippen molar-refractivity contribution in [3.63, 3.8) is 0 Å². The number of carbonyl (C=O) groups excluding carboxylic acids is 3. The summed E-state index contributed by atoms with van der Waals surface area (Å²) >= 11 is 2.53. The van der Waals surface area contributed by atoms with Gasteiger partial charge in [-0.2, -0.15) is 0 Å². The smallest absolute Gasteiger partial charge is 0.272 e. The molecular weight excluding hydrogens is 628 g/mol. The number of methoxy groups -OCH3 is 1. The predicted molar refractivity (Wildman–Crippen MR) is 178 cm³/mol. The van der Waals surface area contributed by atoms with Crippen LogP contribution in [0.5, 0.6) is 11.5 Å². The van der Waals surface area contributed by atoms with Crippen LogP contribution in [-0.2, 0) is 9.59 Å². The van der Waals surface area contributed by atoms with E-state index in [2.05, 4.69) is 20.9 Å². The molecule has 0 saturated carbocycles. The number of phenols is 1. The predicted octanol–water partition coefficient (Wildman–Crippen LogP) is 6.80. The Balaban J connectivity index is 1.25. The van der Waals surface area contributed by atoms with Gasteiger partial charge in [-0.15, -0.1) is 23.1 Å². The van der Waals surface area contributed by atoms with Gasteiger partial charge in [0.05, 0.1) is 18.6 Å². The molecule has 0 radical (unpaired) electrons. The number of aromatic hydroxyl groups is 1. The number of hydrogen-bond donors (Lipinski definition) is 4. The number of amides is 3. The fourth-order valence-corrected chi connectivity index (χ4v) is 5.66. The molecule has 1 heterocycles. The molecule has 3 amide bonds. The number of anilines is 2. The quantitative estimate of drug-likeness (QED) is 0.0910. The topological polar surface area (TPSA) is 130 Å². The summed E-state index contributed by atoms with van der Waals surface area (Å²) < 4.78 is 18.6. The van der Waals surface area contributed by atoms with Crippen molar-refractivity contribution in [3.8, 4) is 22.8 Å². The number of thioether (sulfide) groups is 1. The molecule has 4 aromatic carbocycles. The molecule has 0 fully saturated rings. The second-order valence-electron chi connectivity index (χ2n) is 9.67. The van der Waals surface area contributed by atoms with E-state index in [1.165, 1.54) is 60.5 Å². The number of thiazole rings is 1. The first-order chi connectivity index (χ1) is 22.3. The molecule has 0 spiro atoms. The summed E-state index contributed by atoms with van der Waals surface area (Å²) in [4.78, 5) is 44.2. The van der Waals surface area contributed by atoms with Crippen LogP contribution in [0.25, 0.3) is 17.3 Å². The molecule has 0 unspecified atom stereocenters. The third-order valence-corrected chi connectivity index (χ3v) is 8.15. The molecule has 9 nitrogen and oxygen atoms in total. The molecule has 46 heavy (non-hydrogen) atoms. The minimum Gasteiger partial charge on any atom is -0.508 e. The zero-order valence-electron chi connectivity index (χ0n) is 24.3. The average molecular weight is 655 g/mol. The molecular formula is C34H27FN4O5S2. The normalized spacial score (nSPS) is 11.0. The summed E-state index contributed by atoms with van der Waals surface area (Å²) in [7, 11) is 1.43. The first-order valence-electron chi connectivity index (χ1n) is 13.8. The monoisotopic (exact) mass is 654 g/mol. The van der Waals surface area contributed by atoms with Gasteiger partial charge in [0.2, 0.25) is 5.91 Å². The Morgan fingerprint density at radius 1 is 0.957 bits per heavy atom. The SMILES string of the molecule is COc1cc(O)ccc1/C=C(/NC(=O)c1ccccc1)C(=O)Nc1cccc(SCC(=O)Nc2nc(-c3ccc(F)cc3)cs2)c1. The molecule has 5 rings (SSSR count). The number of nitrogens with zero attached hydrogens (tertiary/aromatic N) is 1. The fraction of sp³-hybridized carbons (Fsp3) is 0.0588. The van der Waals surface area contributed by atoms with E-state index in [0.29, 0.717) is 33.4 Å². The van der Waals surface area contributed by atoms with Crippen molar-refractivity contribution in [1.82, 2.24) is 10.3 Å². The Kier molecular flexibility index (Phi) is 10.4. The second-order valence-corrected chi connectivity index (χ2v) is 11.6. The van der Waals surface area contributed by atoms with Gasteiger partial charge in [0.25, 0.3) is 11.8 Å². The van der Waals surface area contributed by atoms with Crippen molar-refractivity contribution in [3.05, 3.63) is 125 Å². The first-order valence-corrected chi connectivity index (χ1v) is 15.6. The number of ether oxygens (including phenoxy) is 1. The molecule has 0 saturated heterocycles. The lowest BCUT2D eigenvalue weighted by Crippen LogP contribution is -2.30.